The number of methoxy groups -OCH3 is 1. The van der Waals surface area contributed by atoms with Gasteiger partial charge in [0.15, 0.2) is 11.0 Å². The molecule has 3 aromatic rings. The van der Waals surface area contributed by atoms with Crippen molar-refractivity contribution in [3.05, 3.63) is 63.3 Å². The number of ether oxygens (including phenoxy) is 2. The van der Waals surface area contributed by atoms with Crippen LogP contribution in [0.4, 0.5) is 0 Å². The summed E-state index contributed by atoms with van der Waals surface area (Å²) in [5, 5.41) is 0.839. The Bertz CT molecular complexity index is 1110. The van der Waals surface area contributed by atoms with E-state index in [2.05, 4.69) is 0 Å². The molecule has 0 radical (unpaired) electrons. The molecule has 1 aromatic heterocycles. The van der Waals surface area contributed by atoms with Gasteiger partial charge in [0.25, 0.3) is 0 Å². The second-order valence-corrected chi connectivity index (χ2v) is 7.41. The Morgan fingerprint density at radius 3 is 2.71 bits per heavy atom. The molecule has 1 aliphatic carbocycles. The minimum atomic E-state index is -0.194. The monoisotopic (exact) mass is 398 g/mol. The second kappa shape index (κ2) is 7.32. The lowest BCUT2D eigenvalue weighted by molar-refractivity contribution is -0.151. The number of para-hydroxylation sites is 1. The van der Waals surface area contributed by atoms with Crippen molar-refractivity contribution in [1.82, 2.24) is 0 Å². The quantitative estimate of drug-likeness (QED) is 0.593. The molecule has 0 atom stereocenters. The molecule has 0 bridgehead atoms. The van der Waals surface area contributed by atoms with Crippen LogP contribution in [0.15, 0.2) is 51.7 Å². The van der Waals surface area contributed by atoms with Crippen LogP contribution in [-0.4, -0.2) is 19.2 Å². The topological polar surface area (TPSA) is 65.7 Å². The molecular formula is C22H19ClO5. The van der Waals surface area contributed by atoms with Gasteiger partial charge in [-0.3, -0.25) is 9.59 Å². The lowest BCUT2D eigenvalue weighted by Crippen LogP contribution is -2.38. The summed E-state index contributed by atoms with van der Waals surface area (Å²) in [4.78, 5) is 24.0. The van der Waals surface area contributed by atoms with E-state index < -0.39 is 0 Å². The van der Waals surface area contributed by atoms with Gasteiger partial charge in [0.2, 0.25) is 0 Å². The van der Waals surface area contributed by atoms with E-state index in [4.69, 9.17) is 25.5 Å². The fraction of sp³-hybridized carbons (Fsp3) is 0.273. The molecule has 6 heteroatoms. The van der Waals surface area contributed by atoms with E-state index in [1.807, 2.05) is 25.1 Å². The van der Waals surface area contributed by atoms with Crippen LogP contribution >= 0.6 is 11.6 Å². The SMILES string of the molecule is COC(=O)C1CC(Oc2cc(-c3cc(=O)c4cccc(Cl)c4o3)ccc2C)C1. The molecule has 0 amide bonds. The van der Waals surface area contributed by atoms with Crippen LogP contribution in [0.25, 0.3) is 22.3 Å². The Morgan fingerprint density at radius 2 is 1.96 bits per heavy atom. The molecule has 2 aromatic carbocycles. The molecule has 0 unspecified atom stereocenters. The minimum absolute atomic E-state index is 0.0314. The molecule has 0 N–H and O–H groups in total. The van der Waals surface area contributed by atoms with Crippen LogP contribution < -0.4 is 10.2 Å². The van der Waals surface area contributed by atoms with E-state index in [0.717, 1.165) is 11.1 Å². The number of hydrogen-bond acceptors (Lipinski definition) is 5. The molecule has 1 fully saturated rings. The maximum atomic E-state index is 12.4. The summed E-state index contributed by atoms with van der Waals surface area (Å²) in [7, 11) is 1.40. The zero-order valence-corrected chi connectivity index (χ0v) is 16.3. The Hall–Kier alpha value is -2.79. The zero-order valence-electron chi connectivity index (χ0n) is 15.5. The normalized spacial score (nSPS) is 18.5. The number of hydrogen-bond donors (Lipinski definition) is 0. The summed E-state index contributed by atoms with van der Waals surface area (Å²) in [6.45, 7) is 1.95. The first kappa shape index (κ1) is 18.6. The number of fused-ring (bicyclic) bond motifs is 1. The molecule has 28 heavy (non-hydrogen) atoms. The summed E-state index contributed by atoms with van der Waals surface area (Å²) < 4.78 is 16.7. The highest BCUT2D eigenvalue weighted by atomic mass is 35.5. The summed E-state index contributed by atoms with van der Waals surface area (Å²) >= 11 is 6.20. The molecule has 5 nitrogen and oxygen atoms in total. The highest BCUT2D eigenvalue weighted by molar-refractivity contribution is 6.34. The number of aryl methyl sites for hydroxylation is 1. The number of esters is 1. The molecule has 1 saturated carbocycles. The largest absolute Gasteiger partial charge is 0.490 e. The summed E-state index contributed by atoms with van der Waals surface area (Å²) in [6.07, 6.45) is 1.24. The first-order valence-electron chi connectivity index (χ1n) is 9.04. The molecule has 0 saturated heterocycles. The van der Waals surface area contributed by atoms with E-state index in [9.17, 15) is 9.59 Å². The second-order valence-electron chi connectivity index (χ2n) is 7.00. The number of rotatable bonds is 4. The van der Waals surface area contributed by atoms with Gasteiger partial charge in [-0.2, -0.15) is 0 Å². The predicted molar refractivity (Wildman–Crippen MR) is 107 cm³/mol. The average molecular weight is 399 g/mol. The minimum Gasteiger partial charge on any atom is -0.490 e. The van der Waals surface area contributed by atoms with Crippen molar-refractivity contribution >= 4 is 28.5 Å². The van der Waals surface area contributed by atoms with Crippen molar-refractivity contribution in [3.63, 3.8) is 0 Å². The van der Waals surface area contributed by atoms with Gasteiger partial charge >= 0.3 is 5.97 Å². The van der Waals surface area contributed by atoms with Gasteiger partial charge in [0, 0.05) is 11.6 Å². The number of benzene rings is 2. The fourth-order valence-electron chi connectivity index (χ4n) is 3.37. The van der Waals surface area contributed by atoms with Crippen molar-refractivity contribution < 1.29 is 18.7 Å². The average Bonchev–Trinajstić information content (AvgIpc) is 2.65. The maximum Gasteiger partial charge on any atom is 0.308 e. The summed E-state index contributed by atoms with van der Waals surface area (Å²) in [6, 6.07) is 12.2. The first-order valence-corrected chi connectivity index (χ1v) is 9.42. The van der Waals surface area contributed by atoms with E-state index in [0.29, 0.717) is 40.3 Å². The third kappa shape index (κ3) is 3.38. The Balaban J connectivity index is 1.63. The Labute approximate surface area is 166 Å². The first-order chi connectivity index (χ1) is 13.5. The fourth-order valence-corrected chi connectivity index (χ4v) is 3.58. The number of carbonyl (C=O) groups is 1. The summed E-state index contributed by atoms with van der Waals surface area (Å²) in [5.41, 5.74) is 1.91. The highest BCUT2D eigenvalue weighted by Gasteiger charge is 2.37. The van der Waals surface area contributed by atoms with Gasteiger partial charge in [-0.25, -0.2) is 0 Å². The molecule has 4 rings (SSSR count). The van der Waals surface area contributed by atoms with Crippen molar-refractivity contribution in [2.75, 3.05) is 7.11 Å². The molecule has 0 spiro atoms. The highest BCUT2D eigenvalue weighted by Crippen LogP contribution is 2.35. The third-order valence-corrected chi connectivity index (χ3v) is 5.40. The van der Waals surface area contributed by atoms with E-state index >= 15 is 0 Å². The van der Waals surface area contributed by atoms with E-state index in [1.165, 1.54) is 13.2 Å². The van der Waals surface area contributed by atoms with E-state index in [1.54, 1.807) is 18.2 Å². The van der Waals surface area contributed by atoms with E-state index in [-0.39, 0.29) is 23.4 Å². The molecule has 1 aliphatic rings. The van der Waals surface area contributed by atoms with Crippen LogP contribution in [0.2, 0.25) is 5.02 Å². The molecular weight excluding hydrogens is 380 g/mol. The van der Waals surface area contributed by atoms with Crippen molar-refractivity contribution in [1.29, 1.82) is 0 Å². The van der Waals surface area contributed by atoms with Crippen molar-refractivity contribution in [2.24, 2.45) is 5.92 Å². The summed E-state index contributed by atoms with van der Waals surface area (Å²) in [5.74, 6) is 0.837. The molecule has 0 aliphatic heterocycles. The molecule has 1 heterocycles. The third-order valence-electron chi connectivity index (χ3n) is 5.10. The van der Waals surface area contributed by atoms with Gasteiger partial charge in [0.05, 0.1) is 23.4 Å². The number of halogens is 1. The predicted octanol–water partition coefficient (Wildman–Crippen LogP) is 4.75. The van der Waals surface area contributed by atoms with Gasteiger partial charge in [0.1, 0.15) is 17.6 Å². The van der Waals surface area contributed by atoms with Crippen LogP contribution in [0.5, 0.6) is 5.75 Å². The van der Waals surface area contributed by atoms with Crippen molar-refractivity contribution in [2.45, 2.75) is 25.9 Å². The Morgan fingerprint density at radius 1 is 1.18 bits per heavy atom. The van der Waals surface area contributed by atoms with Gasteiger partial charge in [-0.1, -0.05) is 29.8 Å². The number of carbonyl (C=O) groups excluding carboxylic acids is 1. The standard InChI is InChI=1S/C22H19ClO5/c1-12-6-7-13(10-19(12)27-15-8-14(9-15)22(25)26-2)20-11-18(24)16-4-3-5-17(23)21(16)28-20/h3-7,10-11,14-15H,8-9H2,1-2H3. The lowest BCUT2D eigenvalue weighted by atomic mass is 9.82. The van der Waals surface area contributed by atoms with Gasteiger partial charge < -0.3 is 13.9 Å². The maximum absolute atomic E-state index is 12.4. The lowest BCUT2D eigenvalue weighted by Gasteiger charge is -2.33. The molecule has 144 valence electrons. The van der Waals surface area contributed by atoms with Crippen LogP contribution in [0.1, 0.15) is 18.4 Å². The smallest absolute Gasteiger partial charge is 0.308 e. The van der Waals surface area contributed by atoms with Crippen LogP contribution in [-0.2, 0) is 9.53 Å². The zero-order chi connectivity index (χ0) is 19.8. The van der Waals surface area contributed by atoms with Crippen LogP contribution in [0.3, 0.4) is 0 Å². The van der Waals surface area contributed by atoms with Crippen molar-refractivity contribution in [3.8, 4) is 17.1 Å². The van der Waals surface area contributed by atoms with Gasteiger partial charge in [-0.15, -0.1) is 0 Å². The van der Waals surface area contributed by atoms with Gasteiger partial charge in [-0.05, 0) is 43.5 Å². The van der Waals surface area contributed by atoms with Crippen LogP contribution in [0, 0.1) is 12.8 Å². The Kier molecular flexibility index (Phi) is 4.85.